The first-order valence-electron chi connectivity index (χ1n) is 7.42. The van der Waals surface area contributed by atoms with E-state index in [4.69, 9.17) is 4.42 Å². The van der Waals surface area contributed by atoms with Crippen molar-refractivity contribution in [2.24, 2.45) is 7.05 Å². The molecule has 2 aromatic carbocycles. The van der Waals surface area contributed by atoms with Crippen LogP contribution in [0.4, 0.5) is 13.2 Å². The topological polar surface area (TPSA) is 48.0 Å². The number of halogens is 3. The van der Waals surface area contributed by atoms with Crippen molar-refractivity contribution >= 4 is 11.0 Å². The third-order valence-corrected chi connectivity index (χ3v) is 4.05. The van der Waals surface area contributed by atoms with Gasteiger partial charge in [0.2, 0.25) is 0 Å². The molecule has 0 saturated heterocycles. The lowest BCUT2D eigenvalue weighted by Crippen LogP contribution is -2.12. The number of hydrogen-bond acceptors (Lipinski definition) is 3. The number of aryl methyl sites for hydroxylation is 1. The average molecular weight is 344 g/mol. The van der Waals surface area contributed by atoms with Crippen LogP contribution in [-0.2, 0) is 13.2 Å². The van der Waals surface area contributed by atoms with Crippen LogP contribution >= 0.6 is 0 Å². The maximum absolute atomic E-state index is 12.8. The molecule has 0 bridgehead atoms. The molecule has 0 saturated carbocycles. The van der Waals surface area contributed by atoms with Gasteiger partial charge in [0.1, 0.15) is 22.6 Å². The van der Waals surface area contributed by atoms with Gasteiger partial charge in [0.15, 0.2) is 0 Å². The third kappa shape index (κ3) is 2.39. The van der Waals surface area contributed by atoms with Crippen molar-refractivity contribution in [2.45, 2.75) is 6.18 Å². The largest absolute Gasteiger partial charge is 0.455 e. The molecule has 0 unspecified atom stereocenters. The molecule has 2 heterocycles. The van der Waals surface area contributed by atoms with Crippen molar-refractivity contribution < 1.29 is 17.6 Å². The van der Waals surface area contributed by atoms with Crippen LogP contribution in [0.5, 0.6) is 0 Å². The maximum atomic E-state index is 12.8. The Morgan fingerprint density at radius 1 is 1.04 bits per heavy atom. The van der Waals surface area contributed by atoms with E-state index in [1.807, 2.05) is 0 Å². The van der Waals surface area contributed by atoms with Gasteiger partial charge in [0, 0.05) is 18.0 Å². The van der Waals surface area contributed by atoms with E-state index in [0.717, 1.165) is 12.1 Å². The SMILES string of the molecule is Cn1nc2c3ccccc3oc(-c3ccc(C(F)(F)F)cc3)c-2c1=O. The second-order valence-corrected chi connectivity index (χ2v) is 5.65. The predicted molar refractivity (Wildman–Crippen MR) is 86.3 cm³/mol. The molecule has 0 spiro atoms. The van der Waals surface area contributed by atoms with Gasteiger partial charge in [-0.1, -0.05) is 24.3 Å². The van der Waals surface area contributed by atoms with Crippen molar-refractivity contribution in [3.05, 3.63) is 64.4 Å². The Bertz CT molecular complexity index is 1110. The molecule has 0 radical (unpaired) electrons. The Morgan fingerprint density at radius 2 is 1.72 bits per heavy atom. The Labute approximate surface area is 139 Å². The molecule has 0 atom stereocenters. The molecule has 0 aliphatic carbocycles. The molecule has 0 N–H and O–H groups in total. The fourth-order valence-electron chi connectivity index (χ4n) is 2.83. The van der Waals surface area contributed by atoms with Crippen LogP contribution in [0.1, 0.15) is 5.56 Å². The maximum Gasteiger partial charge on any atom is 0.416 e. The molecule has 4 nitrogen and oxygen atoms in total. The van der Waals surface area contributed by atoms with Crippen molar-refractivity contribution in [3.8, 4) is 22.6 Å². The Hall–Kier alpha value is -3.09. The lowest BCUT2D eigenvalue weighted by atomic mass is 10.0. The van der Waals surface area contributed by atoms with Gasteiger partial charge in [0.05, 0.1) is 5.56 Å². The van der Waals surface area contributed by atoms with E-state index in [2.05, 4.69) is 5.10 Å². The van der Waals surface area contributed by atoms with E-state index in [9.17, 15) is 18.0 Å². The molecule has 4 rings (SSSR count). The Morgan fingerprint density at radius 3 is 2.40 bits per heavy atom. The summed E-state index contributed by atoms with van der Waals surface area (Å²) in [7, 11) is 1.52. The first kappa shape index (κ1) is 15.4. The van der Waals surface area contributed by atoms with E-state index in [1.54, 1.807) is 24.3 Å². The highest BCUT2D eigenvalue weighted by Crippen LogP contribution is 2.37. The molecule has 0 aromatic heterocycles. The summed E-state index contributed by atoms with van der Waals surface area (Å²) in [6, 6.07) is 11.6. The summed E-state index contributed by atoms with van der Waals surface area (Å²) in [6.45, 7) is 0. The van der Waals surface area contributed by atoms with Crippen molar-refractivity contribution in [1.29, 1.82) is 0 Å². The fourth-order valence-corrected chi connectivity index (χ4v) is 2.83. The number of fused-ring (bicyclic) bond motifs is 3. The Balaban J connectivity index is 2.02. The van der Waals surface area contributed by atoms with E-state index < -0.39 is 11.7 Å². The van der Waals surface area contributed by atoms with Crippen molar-refractivity contribution in [3.63, 3.8) is 0 Å². The standard InChI is InChI=1S/C18H11F3N2O2/c1-23-17(24)14-15(22-23)12-4-2-3-5-13(12)25-16(14)10-6-8-11(9-7-10)18(19,20)21/h2-9H,1H3. The number of aromatic nitrogens is 2. The van der Waals surface area contributed by atoms with Crippen LogP contribution in [0.25, 0.3) is 33.6 Å². The van der Waals surface area contributed by atoms with Crippen LogP contribution in [0.3, 0.4) is 0 Å². The summed E-state index contributed by atoms with van der Waals surface area (Å²) in [5, 5.41) is 4.92. The molecule has 2 aliphatic rings. The van der Waals surface area contributed by atoms with E-state index in [1.165, 1.54) is 23.9 Å². The number of alkyl halides is 3. The minimum Gasteiger partial charge on any atom is -0.455 e. The summed E-state index contributed by atoms with van der Waals surface area (Å²) < 4.78 is 45.3. The van der Waals surface area contributed by atoms with E-state index >= 15 is 0 Å². The number of para-hydroxylation sites is 1. The van der Waals surface area contributed by atoms with Gasteiger partial charge in [-0.15, -0.1) is 0 Å². The predicted octanol–water partition coefficient (Wildman–Crippen LogP) is 4.32. The lowest BCUT2D eigenvalue weighted by Gasteiger charge is -2.10. The first-order valence-corrected chi connectivity index (χ1v) is 7.42. The lowest BCUT2D eigenvalue weighted by molar-refractivity contribution is -0.137. The minimum absolute atomic E-state index is 0.209. The monoisotopic (exact) mass is 344 g/mol. The van der Waals surface area contributed by atoms with Crippen LogP contribution < -0.4 is 5.56 Å². The summed E-state index contributed by atoms with van der Waals surface area (Å²) in [5.74, 6) is 0.209. The van der Waals surface area contributed by atoms with Crippen LogP contribution in [0, 0.1) is 0 Å². The second kappa shape index (κ2) is 5.20. The number of nitrogens with zero attached hydrogens (tertiary/aromatic N) is 2. The number of hydrogen-bond donors (Lipinski definition) is 0. The average Bonchev–Trinajstić information content (AvgIpc) is 2.89. The molecule has 25 heavy (non-hydrogen) atoms. The highest BCUT2D eigenvalue weighted by molar-refractivity contribution is 5.96. The minimum atomic E-state index is -4.42. The van der Waals surface area contributed by atoms with E-state index in [0.29, 0.717) is 22.2 Å². The van der Waals surface area contributed by atoms with E-state index in [-0.39, 0.29) is 16.9 Å². The molecule has 7 heteroatoms. The smallest absolute Gasteiger partial charge is 0.416 e. The van der Waals surface area contributed by atoms with Gasteiger partial charge in [-0.05, 0) is 24.3 Å². The summed E-state index contributed by atoms with van der Waals surface area (Å²) >= 11 is 0. The van der Waals surface area contributed by atoms with Crippen LogP contribution in [0.2, 0.25) is 0 Å². The fraction of sp³-hybridized carbons (Fsp3) is 0.111. The van der Waals surface area contributed by atoms with Gasteiger partial charge in [0.25, 0.3) is 5.56 Å². The molecule has 0 amide bonds. The number of benzene rings is 2. The second-order valence-electron chi connectivity index (χ2n) is 5.65. The summed E-state index contributed by atoms with van der Waals surface area (Å²) in [4.78, 5) is 12.5. The highest BCUT2D eigenvalue weighted by Gasteiger charge is 2.31. The van der Waals surface area contributed by atoms with Gasteiger partial charge in [-0.3, -0.25) is 4.79 Å². The normalized spacial score (nSPS) is 12.2. The number of rotatable bonds is 1. The summed E-state index contributed by atoms with van der Waals surface area (Å²) in [6.07, 6.45) is -4.42. The van der Waals surface area contributed by atoms with Crippen LogP contribution in [-0.4, -0.2) is 9.78 Å². The van der Waals surface area contributed by atoms with Gasteiger partial charge in [-0.2, -0.15) is 18.3 Å². The van der Waals surface area contributed by atoms with Crippen molar-refractivity contribution in [1.82, 2.24) is 9.78 Å². The molecule has 0 fully saturated rings. The zero-order chi connectivity index (χ0) is 17.8. The molecular formula is C18H11F3N2O2. The molecule has 126 valence electrons. The van der Waals surface area contributed by atoms with Crippen molar-refractivity contribution in [2.75, 3.05) is 0 Å². The Kier molecular flexibility index (Phi) is 3.21. The van der Waals surface area contributed by atoms with Gasteiger partial charge in [-0.25, -0.2) is 4.68 Å². The quantitative estimate of drug-likeness (QED) is 0.517. The van der Waals surface area contributed by atoms with Gasteiger partial charge < -0.3 is 4.42 Å². The molecule has 2 aromatic rings. The molecular weight excluding hydrogens is 333 g/mol. The summed E-state index contributed by atoms with van der Waals surface area (Å²) in [5.41, 5.74) is 0.475. The highest BCUT2D eigenvalue weighted by atomic mass is 19.4. The molecule has 2 aliphatic heterocycles. The third-order valence-electron chi connectivity index (χ3n) is 4.05. The zero-order valence-electron chi connectivity index (χ0n) is 13.0. The first-order chi connectivity index (χ1) is 11.9. The van der Waals surface area contributed by atoms with Crippen LogP contribution in [0.15, 0.2) is 57.7 Å². The van der Waals surface area contributed by atoms with Gasteiger partial charge >= 0.3 is 6.18 Å². The zero-order valence-corrected chi connectivity index (χ0v) is 13.0.